The zero-order valence-electron chi connectivity index (χ0n) is 8.69. The molecule has 2 heterocycles. The van der Waals surface area contributed by atoms with E-state index in [1.54, 1.807) is 4.57 Å². The number of carboxylic acid groups (broad SMARTS) is 1. The molecule has 0 fully saturated rings. The summed E-state index contributed by atoms with van der Waals surface area (Å²) in [5.74, 6) is -0.302. The van der Waals surface area contributed by atoms with Gasteiger partial charge in [-0.15, -0.1) is 0 Å². The van der Waals surface area contributed by atoms with E-state index < -0.39 is 12.0 Å². The highest BCUT2D eigenvalue weighted by Crippen LogP contribution is 2.31. The van der Waals surface area contributed by atoms with E-state index in [1.807, 2.05) is 0 Å². The smallest absolute Gasteiger partial charge is 0.326 e. The highest BCUT2D eigenvalue weighted by molar-refractivity contribution is 6.30. The maximum Gasteiger partial charge on any atom is 0.326 e. The maximum atomic E-state index is 11.1. The molecule has 0 spiro atoms. The van der Waals surface area contributed by atoms with Crippen LogP contribution in [0.1, 0.15) is 30.4 Å². The molecule has 1 atom stereocenters. The van der Waals surface area contributed by atoms with Crippen LogP contribution in [-0.2, 0) is 17.6 Å². The minimum Gasteiger partial charge on any atom is -0.480 e. The number of rotatable bonds is 3. The van der Waals surface area contributed by atoms with Crippen LogP contribution in [0.4, 0.5) is 0 Å². The Morgan fingerprint density at radius 1 is 1.62 bits per heavy atom. The molecule has 5 nitrogen and oxygen atoms in total. The number of hydrogen-bond acceptors (Lipinski definition) is 3. The lowest BCUT2D eigenvalue weighted by Gasteiger charge is -2.23. The zero-order chi connectivity index (χ0) is 11.7. The van der Waals surface area contributed by atoms with Crippen LogP contribution in [0, 0.1) is 0 Å². The Kier molecular flexibility index (Phi) is 3.16. The molecule has 0 saturated carbocycles. The summed E-state index contributed by atoms with van der Waals surface area (Å²) in [7, 11) is 0. The first kappa shape index (κ1) is 11.4. The van der Waals surface area contributed by atoms with Crippen LogP contribution in [0.5, 0.6) is 0 Å². The van der Waals surface area contributed by atoms with Crippen molar-refractivity contribution >= 4 is 17.6 Å². The average Bonchev–Trinajstić information content (AvgIpc) is 2.57. The topological polar surface area (TPSA) is 75.3 Å². The zero-order valence-corrected chi connectivity index (χ0v) is 9.44. The van der Waals surface area contributed by atoms with Gasteiger partial charge in [-0.05, 0) is 19.3 Å². The highest BCUT2D eigenvalue weighted by Gasteiger charge is 2.30. The number of aliphatic hydroxyl groups is 1. The van der Waals surface area contributed by atoms with Crippen LogP contribution in [0.2, 0.25) is 5.15 Å². The van der Waals surface area contributed by atoms with Gasteiger partial charge in [0, 0.05) is 6.42 Å². The fraction of sp³-hybridized carbons (Fsp3) is 0.600. The number of carboxylic acids is 1. The van der Waals surface area contributed by atoms with Gasteiger partial charge < -0.3 is 14.8 Å². The third kappa shape index (κ3) is 1.81. The number of halogens is 1. The van der Waals surface area contributed by atoms with Gasteiger partial charge in [0.1, 0.15) is 11.9 Å². The molecule has 2 rings (SSSR count). The molecule has 1 aliphatic heterocycles. The van der Waals surface area contributed by atoms with E-state index in [9.17, 15) is 4.79 Å². The maximum absolute atomic E-state index is 11.1. The lowest BCUT2D eigenvalue weighted by atomic mass is 10.0. The second-order valence-electron chi connectivity index (χ2n) is 3.86. The van der Waals surface area contributed by atoms with Crippen molar-refractivity contribution in [1.29, 1.82) is 0 Å². The monoisotopic (exact) mass is 244 g/mol. The molecule has 0 amide bonds. The SMILES string of the molecule is O=C(O)C1CCCc2c(Cl)nc(CCO)n21. The molecule has 0 aromatic carbocycles. The third-order valence-electron chi connectivity index (χ3n) is 2.86. The number of aliphatic carboxylic acids is 1. The normalized spacial score (nSPS) is 19.5. The molecular formula is C10H13ClN2O3. The first-order valence-corrected chi connectivity index (χ1v) is 5.62. The Morgan fingerprint density at radius 3 is 3.00 bits per heavy atom. The molecule has 0 bridgehead atoms. The average molecular weight is 245 g/mol. The van der Waals surface area contributed by atoms with Crippen LogP contribution in [0.25, 0.3) is 0 Å². The van der Waals surface area contributed by atoms with E-state index in [-0.39, 0.29) is 6.61 Å². The molecule has 0 saturated heterocycles. The van der Waals surface area contributed by atoms with Gasteiger partial charge in [0.05, 0.1) is 12.3 Å². The number of carbonyl (C=O) groups is 1. The molecule has 1 aromatic heterocycles. The second-order valence-corrected chi connectivity index (χ2v) is 4.21. The molecule has 0 radical (unpaired) electrons. The largest absolute Gasteiger partial charge is 0.480 e. The summed E-state index contributed by atoms with van der Waals surface area (Å²) < 4.78 is 1.67. The van der Waals surface area contributed by atoms with Gasteiger partial charge in [-0.1, -0.05) is 11.6 Å². The van der Waals surface area contributed by atoms with Crippen molar-refractivity contribution in [3.05, 3.63) is 16.7 Å². The van der Waals surface area contributed by atoms with E-state index in [0.717, 1.165) is 18.5 Å². The van der Waals surface area contributed by atoms with Gasteiger partial charge in [-0.2, -0.15) is 0 Å². The summed E-state index contributed by atoms with van der Waals surface area (Å²) in [5.41, 5.74) is 0.781. The lowest BCUT2D eigenvalue weighted by Crippen LogP contribution is -2.26. The standard InChI is InChI=1S/C10H13ClN2O3/c11-9-6-2-1-3-7(10(15)16)13(6)8(12-9)4-5-14/h7,14H,1-5H2,(H,15,16). The van der Waals surface area contributed by atoms with E-state index in [4.69, 9.17) is 21.8 Å². The molecule has 16 heavy (non-hydrogen) atoms. The highest BCUT2D eigenvalue weighted by atomic mass is 35.5. The van der Waals surface area contributed by atoms with Crippen molar-refractivity contribution < 1.29 is 15.0 Å². The Hall–Kier alpha value is -1.07. The third-order valence-corrected chi connectivity index (χ3v) is 3.16. The van der Waals surface area contributed by atoms with Crippen LogP contribution in [-0.4, -0.2) is 32.3 Å². The van der Waals surface area contributed by atoms with Crippen molar-refractivity contribution in [1.82, 2.24) is 9.55 Å². The van der Waals surface area contributed by atoms with Gasteiger partial charge in [0.2, 0.25) is 0 Å². The van der Waals surface area contributed by atoms with E-state index in [1.165, 1.54) is 0 Å². The van der Waals surface area contributed by atoms with E-state index in [0.29, 0.717) is 23.8 Å². The number of hydrogen-bond donors (Lipinski definition) is 2. The Balaban J connectivity index is 2.47. The first-order valence-electron chi connectivity index (χ1n) is 5.24. The fourth-order valence-electron chi connectivity index (χ4n) is 2.18. The second kappa shape index (κ2) is 4.43. The van der Waals surface area contributed by atoms with Crippen LogP contribution in [0.3, 0.4) is 0 Å². The van der Waals surface area contributed by atoms with Crippen molar-refractivity contribution in [2.45, 2.75) is 31.7 Å². The van der Waals surface area contributed by atoms with Gasteiger partial charge >= 0.3 is 5.97 Å². The predicted molar refractivity (Wildman–Crippen MR) is 57.6 cm³/mol. The van der Waals surface area contributed by atoms with Crippen molar-refractivity contribution in [3.63, 3.8) is 0 Å². The summed E-state index contributed by atoms with van der Waals surface area (Å²) in [4.78, 5) is 15.2. The van der Waals surface area contributed by atoms with Crippen LogP contribution >= 0.6 is 11.6 Å². The van der Waals surface area contributed by atoms with Gasteiger partial charge in [-0.3, -0.25) is 0 Å². The number of aliphatic hydroxyl groups excluding tert-OH is 1. The van der Waals surface area contributed by atoms with Gasteiger partial charge in [0.15, 0.2) is 5.15 Å². The molecule has 1 unspecified atom stereocenters. The van der Waals surface area contributed by atoms with E-state index in [2.05, 4.69) is 4.98 Å². The number of fused-ring (bicyclic) bond motifs is 1. The molecule has 88 valence electrons. The number of imidazole rings is 1. The molecule has 2 N–H and O–H groups in total. The Labute approximate surface area is 97.7 Å². The number of nitrogens with zero attached hydrogens (tertiary/aromatic N) is 2. The first-order chi connectivity index (χ1) is 7.65. The summed E-state index contributed by atoms with van der Waals surface area (Å²) in [6, 6.07) is -0.592. The summed E-state index contributed by atoms with van der Waals surface area (Å²) in [6.07, 6.45) is 2.49. The minimum absolute atomic E-state index is 0.0564. The minimum atomic E-state index is -0.866. The molecule has 6 heteroatoms. The van der Waals surface area contributed by atoms with Crippen LogP contribution in [0.15, 0.2) is 0 Å². The van der Waals surface area contributed by atoms with Crippen molar-refractivity contribution in [2.24, 2.45) is 0 Å². The number of aromatic nitrogens is 2. The summed E-state index contributed by atoms with van der Waals surface area (Å²) in [5, 5.41) is 18.4. The van der Waals surface area contributed by atoms with Gasteiger partial charge in [0.25, 0.3) is 0 Å². The molecular weight excluding hydrogens is 232 g/mol. The molecule has 1 aromatic rings. The van der Waals surface area contributed by atoms with Gasteiger partial charge in [-0.25, -0.2) is 9.78 Å². The summed E-state index contributed by atoms with van der Waals surface area (Å²) in [6.45, 7) is -0.0564. The summed E-state index contributed by atoms with van der Waals surface area (Å²) >= 11 is 5.96. The van der Waals surface area contributed by atoms with E-state index >= 15 is 0 Å². The van der Waals surface area contributed by atoms with Crippen molar-refractivity contribution in [2.75, 3.05) is 6.61 Å². The van der Waals surface area contributed by atoms with Crippen LogP contribution < -0.4 is 0 Å². The Bertz CT molecular complexity index is 416. The lowest BCUT2D eigenvalue weighted by molar-refractivity contribution is -0.141. The fourth-order valence-corrected chi connectivity index (χ4v) is 2.46. The predicted octanol–water partition coefficient (Wildman–Crippen LogP) is 1.03. The quantitative estimate of drug-likeness (QED) is 0.833. The molecule has 1 aliphatic rings. The Morgan fingerprint density at radius 2 is 2.38 bits per heavy atom. The van der Waals surface area contributed by atoms with Crippen molar-refractivity contribution in [3.8, 4) is 0 Å². The molecule has 0 aliphatic carbocycles.